The molecule has 10 N–H and O–H groups in total. The van der Waals surface area contributed by atoms with Crippen LogP contribution in [0.4, 0.5) is 11.6 Å². The largest absolute Gasteiger partial charge is 0.480 e. The van der Waals surface area contributed by atoms with Crippen molar-refractivity contribution in [2.24, 2.45) is 0 Å². The van der Waals surface area contributed by atoms with Crippen molar-refractivity contribution in [2.45, 2.75) is 63.2 Å². The first-order valence-electron chi connectivity index (χ1n) is 15.2. The predicted molar refractivity (Wildman–Crippen MR) is 174 cm³/mol. The minimum Gasteiger partial charge on any atom is -0.480 e. The fourth-order valence-corrected chi connectivity index (χ4v) is 4.45. The molecule has 2 aromatic heterocycles. The molecule has 3 aromatic rings. The van der Waals surface area contributed by atoms with Crippen molar-refractivity contribution in [3.05, 3.63) is 52.1 Å². The molecule has 1 aromatic carbocycles. The summed E-state index contributed by atoms with van der Waals surface area (Å²) in [6.45, 7) is 0.154. The third-order valence-corrected chi connectivity index (χ3v) is 7.16. The number of aliphatic carboxylic acids is 3. The van der Waals surface area contributed by atoms with Gasteiger partial charge in [-0.25, -0.2) is 24.4 Å². The number of ether oxygens (including phenoxy) is 1. The Balaban J connectivity index is 1.48. The highest BCUT2D eigenvalue weighted by Crippen LogP contribution is 2.13. The van der Waals surface area contributed by atoms with Gasteiger partial charge in [0.05, 0.1) is 25.5 Å². The molecule has 51 heavy (non-hydrogen) atoms. The zero-order valence-corrected chi connectivity index (χ0v) is 27.0. The van der Waals surface area contributed by atoms with Crippen LogP contribution in [0.3, 0.4) is 0 Å². The van der Waals surface area contributed by atoms with E-state index in [0.717, 1.165) is 7.11 Å². The summed E-state index contributed by atoms with van der Waals surface area (Å²) in [4.78, 5) is 110. The number of carboxylic acid groups (broad SMARTS) is 3. The summed E-state index contributed by atoms with van der Waals surface area (Å²) in [5.74, 6) is -7.62. The molecule has 0 aliphatic heterocycles. The van der Waals surface area contributed by atoms with Crippen LogP contribution in [0.5, 0.6) is 0 Å². The van der Waals surface area contributed by atoms with Crippen LogP contribution in [0.15, 0.2) is 35.3 Å². The van der Waals surface area contributed by atoms with Crippen molar-refractivity contribution in [1.29, 1.82) is 0 Å². The van der Waals surface area contributed by atoms with Crippen LogP contribution in [-0.2, 0) is 40.0 Å². The average Bonchev–Trinajstić information content (AvgIpc) is 3.08. The zero-order valence-electron chi connectivity index (χ0n) is 27.0. The van der Waals surface area contributed by atoms with Crippen LogP contribution in [-0.4, -0.2) is 102 Å². The summed E-state index contributed by atoms with van der Waals surface area (Å²) in [6, 6.07) is 1.38. The van der Waals surface area contributed by atoms with Crippen LogP contribution in [0.1, 0.15) is 54.6 Å². The van der Waals surface area contributed by atoms with Gasteiger partial charge in [-0.05, 0) is 43.5 Å². The van der Waals surface area contributed by atoms with Gasteiger partial charge in [-0.3, -0.25) is 29.0 Å². The van der Waals surface area contributed by atoms with Crippen molar-refractivity contribution in [1.82, 2.24) is 35.9 Å². The standard InChI is InChI=1S/C30H35N9O12/c1-51-22(42)11-8-18(28(47)48)36-20(40)9-6-17(27(45)46)35-21(41)10-7-19(29(49)50)37-25(43)14-2-4-15(5-3-14)32-12-16-13-33-24-23(34-16)26(44)39-30(31)38-24/h2-5,13,17-19,32H,6-12H2,1H3,(H,35,41)(H,36,40)(H,37,43)(H,45,46)(H,47,48)(H,49,50)(H3,31,33,38,39,44)/t17-,18-,19-/m0/s1. The molecular weight excluding hydrogens is 678 g/mol. The molecule has 0 bridgehead atoms. The molecule has 3 amide bonds. The van der Waals surface area contributed by atoms with E-state index in [1.165, 1.54) is 30.5 Å². The first-order valence-corrected chi connectivity index (χ1v) is 15.2. The van der Waals surface area contributed by atoms with Gasteiger partial charge in [0, 0.05) is 30.5 Å². The van der Waals surface area contributed by atoms with E-state index in [1.807, 2.05) is 0 Å². The smallest absolute Gasteiger partial charge is 0.326 e. The highest BCUT2D eigenvalue weighted by Gasteiger charge is 2.26. The van der Waals surface area contributed by atoms with Gasteiger partial charge in [-0.1, -0.05) is 0 Å². The Bertz CT molecular complexity index is 1850. The number of H-pyrrole nitrogens is 1. The molecule has 0 unspecified atom stereocenters. The molecule has 0 saturated carbocycles. The maximum absolute atomic E-state index is 12.8. The number of carboxylic acids is 3. The monoisotopic (exact) mass is 713 g/mol. The first kappa shape index (κ1) is 38.8. The zero-order chi connectivity index (χ0) is 37.7. The SMILES string of the molecule is COC(=O)CC[C@H](NC(=O)CC[C@H](NC(=O)CC[C@H](NC(=O)c1ccc(NCc2cnc3nc(N)[nH]c(=O)c3n2)cc1)C(=O)O)C(=O)O)C(=O)O. The molecule has 3 rings (SSSR count). The van der Waals surface area contributed by atoms with E-state index in [0.29, 0.717) is 11.4 Å². The van der Waals surface area contributed by atoms with Crippen LogP contribution < -0.4 is 32.6 Å². The number of anilines is 2. The van der Waals surface area contributed by atoms with E-state index in [2.05, 4.69) is 45.9 Å². The molecule has 21 nitrogen and oxygen atoms in total. The number of carbonyl (C=O) groups excluding carboxylic acids is 4. The van der Waals surface area contributed by atoms with Gasteiger partial charge in [0.25, 0.3) is 11.5 Å². The molecule has 21 heteroatoms. The lowest BCUT2D eigenvalue weighted by Crippen LogP contribution is -2.45. The summed E-state index contributed by atoms with van der Waals surface area (Å²) in [5, 5.41) is 38.0. The number of amides is 3. The van der Waals surface area contributed by atoms with Gasteiger partial charge < -0.3 is 47.1 Å². The number of fused-ring (bicyclic) bond motifs is 1. The number of hydrogen-bond acceptors (Lipinski definition) is 14. The Morgan fingerprint density at radius 3 is 1.86 bits per heavy atom. The number of hydrogen-bond donors (Lipinski definition) is 9. The summed E-state index contributed by atoms with van der Waals surface area (Å²) >= 11 is 0. The molecule has 0 spiro atoms. The number of nitrogens with zero attached hydrogens (tertiary/aromatic N) is 3. The molecule has 0 saturated heterocycles. The Labute approximate surface area is 287 Å². The lowest BCUT2D eigenvalue weighted by Gasteiger charge is -2.18. The molecule has 0 fully saturated rings. The third kappa shape index (κ3) is 12.1. The maximum Gasteiger partial charge on any atom is 0.326 e. The number of nitrogens with one attached hydrogen (secondary N) is 5. The highest BCUT2D eigenvalue weighted by molar-refractivity contribution is 5.97. The maximum atomic E-state index is 12.8. The Morgan fingerprint density at radius 1 is 0.804 bits per heavy atom. The fourth-order valence-electron chi connectivity index (χ4n) is 4.45. The van der Waals surface area contributed by atoms with E-state index < -0.39 is 91.0 Å². The Kier molecular flexibility index (Phi) is 13.8. The summed E-state index contributed by atoms with van der Waals surface area (Å²) in [6.07, 6.45) is -0.966. The summed E-state index contributed by atoms with van der Waals surface area (Å²) in [5.41, 5.74) is 6.10. The molecule has 2 heterocycles. The van der Waals surface area contributed by atoms with E-state index >= 15 is 0 Å². The van der Waals surface area contributed by atoms with E-state index in [1.54, 1.807) is 0 Å². The number of rotatable bonds is 19. The lowest BCUT2D eigenvalue weighted by atomic mass is 10.1. The normalized spacial score (nSPS) is 12.5. The van der Waals surface area contributed by atoms with Crippen LogP contribution in [0.2, 0.25) is 0 Å². The first-order chi connectivity index (χ1) is 24.2. The van der Waals surface area contributed by atoms with Gasteiger partial charge in [-0.15, -0.1) is 0 Å². The number of nitrogen functional groups attached to an aromatic ring is 1. The number of aromatic nitrogens is 4. The molecule has 0 aliphatic carbocycles. The number of aromatic amines is 1. The number of carbonyl (C=O) groups is 7. The van der Waals surface area contributed by atoms with Crippen LogP contribution >= 0.6 is 0 Å². The highest BCUT2D eigenvalue weighted by atomic mass is 16.5. The van der Waals surface area contributed by atoms with Crippen molar-refractivity contribution in [2.75, 3.05) is 18.2 Å². The molecule has 272 valence electrons. The van der Waals surface area contributed by atoms with Gasteiger partial charge >= 0.3 is 23.9 Å². The second-order valence-electron chi connectivity index (χ2n) is 10.9. The van der Waals surface area contributed by atoms with Gasteiger partial charge in [0.15, 0.2) is 11.2 Å². The van der Waals surface area contributed by atoms with E-state index in [9.17, 15) is 53.7 Å². The average molecular weight is 714 g/mol. The predicted octanol–water partition coefficient (Wildman–Crippen LogP) is -1.26. The lowest BCUT2D eigenvalue weighted by molar-refractivity contribution is -0.145. The number of nitrogens with two attached hydrogens (primary N) is 1. The van der Waals surface area contributed by atoms with Crippen molar-refractivity contribution in [3.8, 4) is 0 Å². The quantitative estimate of drug-likeness (QED) is 0.0655. The Hall–Kier alpha value is -6.67. The number of methoxy groups -OCH3 is 1. The minimum atomic E-state index is -1.57. The molecular formula is C30H35N9O12. The van der Waals surface area contributed by atoms with Crippen molar-refractivity contribution >= 4 is 64.4 Å². The number of esters is 1. The minimum absolute atomic E-state index is 0.00535. The molecule has 0 aliphatic rings. The number of benzene rings is 1. The molecule has 3 atom stereocenters. The van der Waals surface area contributed by atoms with Crippen molar-refractivity contribution in [3.63, 3.8) is 0 Å². The second-order valence-corrected chi connectivity index (χ2v) is 10.9. The summed E-state index contributed by atoms with van der Waals surface area (Å²) in [7, 11) is 1.11. The van der Waals surface area contributed by atoms with Crippen LogP contribution in [0.25, 0.3) is 11.2 Å². The molecule has 0 radical (unpaired) electrons. The van der Waals surface area contributed by atoms with E-state index in [4.69, 9.17) is 5.73 Å². The fraction of sp³-hybridized carbons (Fsp3) is 0.367. The van der Waals surface area contributed by atoms with E-state index in [-0.39, 0.29) is 42.1 Å². The second kappa shape index (κ2) is 18.2. The van der Waals surface area contributed by atoms with Gasteiger partial charge in [0.1, 0.15) is 18.1 Å². The summed E-state index contributed by atoms with van der Waals surface area (Å²) < 4.78 is 4.43. The third-order valence-electron chi connectivity index (χ3n) is 7.16. The van der Waals surface area contributed by atoms with Crippen molar-refractivity contribution < 1.29 is 53.6 Å². The topological polar surface area (TPSA) is 335 Å². The van der Waals surface area contributed by atoms with Gasteiger partial charge in [-0.2, -0.15) is 4.98 Å². The Morgan fingerprint density at radius 2 is 1.33 bits per heavy atom. The van der Waals surface area contributed by atoms with Crippen LogP contribution in [0, 0.1) is 0 Å². The van der Waals surface area contributed by atoms with Gasteiger partial charge in [0.2, 0.25) is 17.8 Å².